The van der Waals surface area contributed by atoms with E-state index < -0.39 is 5.66 Å². The van der Waals surface area contributed by atoms with Crippen molar-refractivity contribution in [3.8, 4) is 0 Å². The standard InChI is InChI=1S/C20H29F2N4O2P/c1-14-12-25(13-18-23-11-17(15(2)27)26(14)18)19(28)7-3-5-16-6-4-9-24(16)10-8-20(21,22)29/h3,7,11,14,16H,4-6,8-10,12-13,29H2,1-2H3/b7-3+. The fourth-order valence-electron chi connectivity index (χ4n) is 4.25. The van der Waals surface area contributed by atoms with E-state index >= 15 is 0 Å². The van der Waals surface area contributed by atoms with Crippen molar-refractivity contribution in [2.24, 2.45) is 0 Å². The summed E-state index contributed by atoms with van der Waals surface area (Å²) in [6, 6.07) is 0.195. The minimum Gasteiger partial charge on any atom is -0.330 e. The van der Waals surface area contributed by atoms with Gasteiger partial charge in [0.2, 0.25) is 5.91 Å². The first-order valence-electron chi connectivity index (χ1n) is 10.1. The van der Waals surface area contributed by atoms with Gasteiger partial charge in [-0.05, 0) is 38.8 Å². The van der Waals surface area contributed by atoms with Crippen LogP contribution in [0.4, 0.5) is 8.78 Å². The van der Waals surface area contributed by atoms with Gasteiger partial charge in [-0.1, -0.05) is 15.3 Å². The lowest BCUT2D eigenvalue weighted by Gasteiger charge is -2.32. The van der Waals surface area contributed by atoms with Crippen LogP contribution in [-0.4, -0.2) is 62.4 Å². The van der Waals surface area contributed by atoms with Crippen LogP contribution in [0.1, 0.15) is 61.9 Å². The Morgan fingerprint density at radius 2 is 2.17 bits per heavy atom. The molecule has 0 saturated carbocycles. The maximum absolute atomic E-state index is 13.1. The molecule has 1 fully saturated rings. The van der Waals surface area contributed by atoms with Crippen molar-refractivity contribution in [3.63, 3.8) is 0 Å². The zero-order chi connectivity index (χ0) is 21.2. The molecule has 3 rings (SSSR count). The van der Waals surface area contributed by atoms with Crippen molar-refractivity contribution in [2.75, 3.05) is 19.6 Å². The zero-order valence-electron chi connectivity index (χ0n) is 17.0. The summed E-state index contributed by atoms with van der Waals surface area (Å²) in [5.41, 5.74) is -2.15. The van der Waals surface area contributed by atoms with E-state index in [1.807, 2.05) is 17.6 Å². The maximum Gasteiger partial charge on any atom is 0.260 e. The number of halogens is 2. The van der Waals surface area contributed by atoms with E-state index in [1.54, 1.807) is 26.4 Å². The van der Waals surface area contributed by atoms with Crippen molar-refractivity contribution < 1.29 is 18.4 Å². The molecular weight excluding hydrogens is 397 g/mol. The first kappa shape index (κ1) is 22.0. The number of hydrogen-bond acceptors (Lipinski definition) is 4. The summed E-state index contributed by atoms with van der Waals surface area (Å²) in [5, 5.41) is 0. The van der Waals surface area contributed by atoms with E-state index in [4.69, 9.17) is 0 Å². The fraction of sp³-hybridized carbons (Fsp3) is 0.650. The van der Waals surface area contributed by atoms with Gasteiger partial charge in [-0.3, -0.25) is 14.5 Å². The van der Waals surface area contributed by atoms with Gasteiger partial charge in [0.15, 0.2) is 5.78 Å². The topological polar surface area (TPSA) is 58.4 Å². The Kier molecular flexibility index (Phi) is 6.84. The van der Waals surface area contributed by atoms with Crippen molar-refractivity contribution in [2.45, 2.75) is 63.8 Å². The lowest BCUT2D eigenvalue weighted by molar-refractivity contribution is -0.128. The summed E-state index contributed by atoms with van der Waals surface area (Å²) >= 11 is 0. The third kappa shape index (κ3) is 5.48. The van der Waals surface area contributed by atoms with Crippen LogP contribution in [0, 0.1) is 0 Å². The van der Waals surface area contributed by atoms with Crippen LogP contribution in [0.25, 0.3) is 0 Å². The van der Waals surface area contributed by atoms with Crippen molar-refractivity contribution >= 4 is 20.9 Å². The van der Waals surface area contributed by atoms with Crippen LogP contribution >= 0.6 is 9.24 Å². The van der Waals surface area contributed by atoms with Gasteiger partial charge in [0, 0.05) is 32.5 Å². The number of alkyl halides is 2. The normalized spacial score (nSPS) is 23.0. The molecule has 0 N–H and O–H groups in total. The second-order valence-electron chi connectivity index (χ2n) is 8.03. The number of amides is 1. The summed E-state index contributed by atoms with van der Waals surface area (Å²) in [4.78, 5) is 32.5. The predicted molar refractivity (Wildman–Crippen MR) is 110 cm³/mol. The number of Topliss-reactive ketones (excluding diaryl/α,β-unsaturated/α-hetero) is 1. The molecule has 1 aromatic heterocycles. The van der Waals surface area contributed by atoms with Gasteiger partial charge in [-0.2, -0.15) is 0 Å². The maximum atomic E-state index is 13.1. The Hall–Kier alpha value is -1.66. The van der Waals surface area contributed by atoms with Crippen molar-refractivity contribution in [3.05, 3.63) is 29.9 Å². The highest BCUT2D eigenvalue weighted by molar-refractivity contribution is 7.18. The van der Waals surface area contributed by atoms with E-state index in [9.17, 15) is 18.4 Å². The number of carbonyl (C=O) groups is 2. The molecule has 2 aliphatic heterocycles. The molecule has 1 amide bonds. The third-order valence-corrected chi connectivity index (χ3v) is 5.99. The van der Waals surface area contributed by atoms with Gasteiger partial charge in [0.1, 0.15) is 11.5 Å². The smallest absolute Gasteiger partial charge is 0.260 e. The number of ketones is 1. The second kappa shape index (κ2) is 9.00. The highest BCUT2D eigenvalue weighted by Gasteiger charge is 2.29. The first-order chi connectivity index (χ1) is 13.7. The number of likely N-dealkylation sites (tertiary alicyclic amines) is 1. The number of carbonyl (C=O) groups excluding carboxylic acids is 2. The van der Waals surface area contributed by atoms with Crippen LogP contribution < -0.4 is 0 Å². The molecule has 2 aliphatic rings. The van der Waals surface area contributed by atoms with Gasteiger partial charge in [0.25, 0.3) is 5.66 Å². The number of rotatable bonds is 7. The fourth-order valence-corrected chi connectivity index (χ4v) is 4.38. The molecule has 6 nitrogen and oxygen atoms in total. The highest BCUT2D eigenvalue weighted by atomic mass is 31.0. The molecule has 1 aromatic rings. The van der Waals surface area contributed by atoms with Gasteiger partial charge in [-0.15, -0.1) is 0 Å². The van der Waals surface area contributed by atoms with Crippen molar-refractivity contribution in [1.82, 2.24) is 19.4 Å². The van der Waals surface area contributed by atoms with E-state index in [2.05, 4.69) is 9.88 Å². The van der Waals surface area contributed by atoms with Crippen molar-refractivity contribution in [1.29, 1.82) is 0 Å². The summed E-state index contributed by atoms with van der Waals surface area (Å²) in [6.45, 7) is 5.58. The van der Waals surface area contributed by atoms with Gasteiger partial charge >= 0.3 is 0 Å². The number of imidazole rings is 1. The number of nitrogens with zero attached hydrogens (tertiary/aromatic N) is 4. The quantitative estimate of drug-likeness (QED) is 0.382. The summed E-state index contributed by atoms with van der Waals surface area (Å²) in [7, 11) is 1.60. The highest BCUT2D eigenvalue weighted by Crippen LogP contribution is 2.29. The minimum absolute atomic E-state index is 0.0172. The molecule has 0 bridgehead atoms. The monoisotopic (exact) mass is 426 g/mol. The average molecular weight is 426 g/mol. The molecule has 1 saturated heterocycles. The lowest BCUT2D eigenvalue weighted by Crippen LogP contribution is -2.40. The van der Waals surface area contributed by atoms with Crippen LogP contribution in [-0.2, 0) is 11.3 Å². The first-order valence-corrected chi connectivity index (χ1v) is 10.7. The molecule has 0 aromatic carbocycles. The molecule has 0 spiro atoms. The van der Waals surface area contributed by atoms with Gasteiger partial charge in [-0.25, -0.2) is 13.8 Å². The van der Waals surface area contributed by atoms with Crippen LogP contribution in [0.5, 0.6) is 0 Å². The summed E-state index contributed by atoms with van der Waals surface area (Å²) in [5.74, 6) is 0.600. The second-order valence-corrected chi connectivity index (χ2v) is 8.88. The SMILES string of the molecule is CC(=O)c1cnc2n1C(C)CN(C(=O)/C=C/CC1CCCN1CCC(F)(F)P)C2. The van der Waals surface area contributed by atoms with E-state index in [0.29, 0.717) is 31.7 Å². The third-order valence-electron chi connectivity index (χ3n) is 5.70. The molecule has 29 heavy (non-hydrogen) atoms. The Morgan fingerprint density at radius 1 is 1.41 bits per heavy atom. The molecule has 3 heterocycles. The summed E-state index contributed by atoms with van der Waals surface area (Å²) < 4.78 is 28.1. The van der Waals surface area contributed by atoms with E-state index in [-0.39, 0.29) is 30.2 Å². The van der Waals surface area contributed by atoms with Crippen LogP contribution in [0.3, 0.4) is 0 Å². The van der Waals surface area contributed by atoms with Gasteiger partial charge in [0.05, 0.1) is 18.8 Å². The van der Waals surface area contributed by atoms with Crippen LogP contribution in [0.2, 0.25) is 0 Å². The molecule has 0 radical (unpaired) electrons. The predicted octanol–water partition coefficient (Wildman–Crippen LogP) is 3.26. The number of hydrogen-bond donors (Lipinski definition) is 0. The van der Waals surface area contributed by atoms with E-state index in [0.717, 1.165) is 25.2 Å². The number of aromatic nitrogens is 2. The lowest BCUT2D eigenvalue weighted by atomic mass is 10.1. The number of fused-ring (bicyclic) bond motifs is 1. The molecule has 3 unspecified atom stereocenters. The molecule has 0 aliphatic carbocycles. The van der Waals surface area contributed by atoms with Crippen LogP contribution in [0.15, 0.2) is 18.3 Å². The Bertz CT molecular complexity index is 790. The molecule has 9 heteroatoms. The molecule has 3 atom stereocenters. The Balaban J connectivity index is 1.55. The largest absolute Gasteiger partial charge is 0.330 e. The Morgan fingerprint density at radius 3 is 2.86 bits per heavy atom. The average Bonchev–Trinajstić information content (AvgIpc) is 3.26. The minimum atomic E-state index is -2.72. The van der Waals surface area contributed by atoms with E-state index in [1.165, 1.54) is 6.92 Å². The molecule has 160 valence electrons. The van der Waals surface area contributed by atoms with Gasteiger partial charge < -0.3 is 9.47 Å². The Labute approximate surface area is 172 Å². The summed E-state index contributed by atoms with van der Waals surface area (Å²) in [6.07, 6.45) is 7.49. The zero-order valence-corrected chi connectivity index (χ0v) is 18.1. The molecular formula is C20H29F2N4O2P.